The molecular weight excluding hydrogens is 276 g/mol. The Morgan fingerprint density at radius 1 is 1.52 bits per heavy atom. The average molecular weight is 292 g/mol. The first-order valence-corrected chi connectivity index (χ1v) is 6.72. The summed E-state index contributed by atoms with van der Waals surface area (Å²) in [7, 11) is 0. The van der Waals surface area contributed by atoms with Gasteiger partial charge in [-0.05, 0) is 19.1 Å². The molecule has 0 spiro atoms. The van der Waals surface area contributed by atoms with E-state index in [1.807, 2.05) is 11.5 Å². The second-order valence-corrected chi connectivity index (χ2v) is 5.24. The fraction of sp³-hybridized carbons (Fsp3) is 0.429. The molecule has 0 bridgehead atoms. The van der Waals surface area contributed by atoms with Crippen molar-refractivity contribution in [2.45, 2.75) is 31.8 Å². The number of hydrogen-bond donors (Lipinski definition) is 2. The number of non-ortho nitro benzene ring substituents is 1. The third kappa shape index (κ3) is 2.19. The highest BCUT2D eigenvalue weighted by atomic mass is 16.6. The number of nitrogens with zero attached hydrogens (tertiary/aromatic N) is 2. The van der Waals surface area contributed by atoms with Crippen molar-refractivity contribution in [3.8, 4) is 0 Å². The average Bonchev–Trinajstić information content (AvgIpc) is 2.96. The Morgan fingerprint density at radius 3 is 2.90 bits per heavy atom. The van der Waals surface area contributed by atoms with Crippen molar-refractivity contribution in [1.29, 1.82) is 0 Å². The van der Waals surface area contributed by atoms with Crippen molar-refractivity contribution >= 4 is 16.6 Å². The molecule has 112 valence electrons. The largest absolute Gasteiger partial charge is 0.394 e. The highest BCUT2D eigenvalue weighted by molar-refractivity contribution is 5.90. The third-order valence-corrected chi connectivity index (χ3v) is 3.92. The van der Waals surface area contributed by atoms with E-state index in [1.54, 1.807) is 18.2 Å². The molecule has 3 rings (SSSR count). The Morgan fingerprint density at radius 2 is 2.29 bits per heavy atom. The lowest BCUT2D eigenvalue weighted by atomic mass is 10.2. The van der Waals surface area contributed by atoms with Crippen LogP contribution in [0.5, 0.6) is 0 Å². The summed E-state index contributed by atoms with van der Waals surface area (Å²) in [5.74, 6) is 0. The molecule has 0 aliphatic carbocycles. The molecule has 3 atom stereocenters. The normalized spacial score (nSPS) is 25.6. The Bertz CT molecular complexity index is 696. The van der Waals surface area contributed by atoms with E-state index < -0.39 is 23.4 Å². The molecule has 1 aromatic carbocycles. The van der Waals surface area contributed by atoms with Crippen LogP contribution in [0.15, 0.2) is 24.3 Å². The Hall–Kier alpha value is -1.96. The summed E-state index contributed by atoms with van der Waals surface area (Å²) >= 11 is 0. The molecule has 7 heteroatoms. The maximum absolute atomic E-state index is 11.1. The monoisotopic (exact) mass is 292 g/mol. The van der Waals surface area contributed by atoms with Gasteiger partial charge < -0.3 is 19.5 Å². The summed E-state index contributed by atoms with van der Waals surface area (Å²) in [6.45, 7) is 1.59. The number of rotatable bonds is 3. The highest BCUT2D eigenvalue weighted by Gasteiger charge is 2.35. The molecule has 21 heavy (non-hydrogen) atoms. The summed E-state index contributed by atoms with van der Waals surface area (Å²) in [6.07, 6.45) is -1.45. The van der Waals surface area contributed by atoms with Gasteiger partial charge in [-0.3, -0.25) is 10.1 Å². The lowest BCUT2D eigenvalue weighted by Crippen LogP contribution is -2.24. The van der Waals surface area contributed by atoms with Crippen molar-refractivity contribution in [2.75, 3.05) is 6.61 Å². The number of aromatic nitrogens is 1. The van der Waals surface area contributed by atoms with Crippen molar-refractivity contribution < 1.29 is 19.9 Å². The van der Waals surface area contributed by atoms with E-state index >= 15 is 0 Å². The van der Waals surface area contributed by atoms with Gasteiger partial charge in [0.15, 0.2) is 0 Å². The molecule has 0 radical (unpaired) electrons. The van der Waals surface area contributed by atoms with E-state index in [9.17, 15) is 15.2 Å². The molecule has 1 aliphatic rings. The molecule has 1 fully saturated rings. The molecule has 1 saturated heterocycles. The molecule has 2 aromatic rings. The number of fused-ring (bicyclic) bond motifs is 1. The van der Waals surface area contributed by atoms with E-state index in [2.05, 4.69) is 0 Å². The summed E-state index contributed by atoms with van der Waals surface area (Å²) in [4.78, 5) is 10.7. The second kappa shape index (κ2) is 5.10. The molecule has 7 nitrogen and oxygen atoms in total. The molecule has 1 aromatic heterocycles. The van der Waals surface area contributed by atoms with E-state index in [4.69, 9.17) is 9.84 Å². The van der Waals surface area contributed by atoms with E-state index in [-0.39, 0.29) is 12.3 Å². The standard InChI is InChI=1S/C14H16N2O5/c1-8-5-9-10(3-2-4-11(9)16(19)20)15(8)14-6-12(18)13(7-17)21-14/h2-5,12-14,17-18H,6-7H2,1H3/t12-,13+,14+/m0/s1. The van der Waals surface area contributed by atoms with Gasteiger partial charge in [0, 0.05) is 18.2 Å². The Balaban J connectivity index is 2.10. The van der Waals surface area contributed by atoms with Crippen molar-refractivity contribution in [1.82, 2.24) is 4.57 Å². The topological polar surface area (TPSA) is 97.8 Å². The van der Waals surface area contributed by atoms with Crippen LogP contribution in [0.1, 0.15) is 18.3 Å². The van der Waals surface area contributed by atoms with Crippen LogP contribution in [0.2, 0.25) is 0 Å². The van der Waals surface area contributed by atoms with Gasteiger partial charge in [0.1, 0.15) is 12.3 Å². The summed E-state index contributed by atoms with van der Waals surface area (Å²) in [6, 6.07) is 6.63. The zero-order chi connectivity index (χ0) is 15.1. The SMILES string of the molecule is Cc1cc2c([N+](=O)[O-])cccc2n1[C@H]1C[C@H](O)[C@@H](CO)O1. The predicted octanol–water partition coefficient (Wildman–Crippen LogP) is 1.50. The summed E-state index contributed by atoms with van der Waals surface area (Å²) in [5, 5.41) is 30.7. The fourth-order valence-corrected chi connectivity index (χ4v) is 2.95. The second-order valence-electron chi connectivity index (χ2n) is 5.24. The maximum Gasteiger partial charge on any atom is 0.278 e. The minimum Gasteiger partial charge on any atom is -0.394 e. The smallest absolute Gasteiger partial charge is 0.278 e. The number of aliphatic hydroxyl groups excluding tert-OH is 2. The number of aryl methyl sites for hydroxylation is 1. The lowest BCUT2D eigenvalue weighted by molar-refractivity contribution is -0.383. The van der Waals surface area contributed by atoms with Crippen LogP contribution in [-0.4, -0.2) is 38.5 Å². The summed E-state index contributed by atoms with van der Waals surface area (Å²) in [5.41, 5.74) is 1.55. The zero-order valence-electron chi connectivity index (χ0n) is 11.5. The van der Waals surface area contributed by atoms with Crippen LogP contribution in [0.25, 0.3) is 10.9 Å². The van der Waals surface area contributed by atoms with Crippen LogP contribution < -0.4 is 0 Å². The Kier molecular flexibility index (Phi) is 3.40. The number of benzene rings is 1. The molecule has 0 unspecified atom stereocenters. The minimum atomic E-state index is -0.740. The van der Waals surface area contributed by atoms with Gasteiger partial charge in [-0.15, -0.1) is 0 Å². The molecule has 0 amide bonds. The number of aliphatic hydroxyl groups is 2. The van der Waals surface area contributed by atoms with Gasteiger partial charge in [0.2, 0.25) is 0 Å². The van der Waals surface area contributed by atoms with Gasteiger partial charge >= 0.3 is 0 Å². The van der Waals surface area contributed by atoms with E-state index in [0.29, 0.717) is 17.3 Å². The fourth-order valence-electron chi connectivity index (χ4n) is 2.95. The van der Waals surface area contributed by atoms with Gasteiger partial charge in [-0.1, -0.05) is 6.07 Å². The van der Waals surface area contributed by atoms with Crippen LogP contribution in [0.3, 0.4) is 0 Å². The van der Waals surface area contributed by atoms with Gasteiger partial charge in [-0.2, -0.15) is 0 Å². The first-order valence-electron chi connectivity index (χ1n) is 6.72. The predicted molar refractivity (Wildman–Crippen MR) is 74.9 cm³/mol. The van der Waals surface area contributed by atoms with Crippen molar-refractivity contribution in [3.63, 3.8) is 0 Å². The number of hydrogen-bond acceptors (Lipinski definition) is 5. The van der Waals surface area contributed by atoms with Crippen molar-refractivity contribution in [2.24, 2.45) is 0 Å². The van der Waals surface area contributed by atoms with Crippen LogP contribution in [0, 0.1) is 17.0 Å². The Labute approximate surface area is 120 Å². The van der Waals surface area contributed by atoms with Gasteiger partial charge in [-0.25, -0.2) is 0 Å². The maximum atomic E-state index is 11.1. The van der Waals surface area contributed by atoms with E-state index in [0.717, 1.165) is 5.69 Å². The molecular formula is C14H16N2O5. The third-order valence-electron chi connectivity index (χ3n) is 3.92. The van der Waals surface area contributed by atoms with Gasteiger partial charge in [0.05, 0.1) is 28.5 Å². The number of ether oxygens (including phenoxy) is 1. The molecule has 2 heterocycles. The molecule has 2 N–H and O–H groups in total. The first-order chi connectivity index (χ1) is 10.0. The van der Waals surface area contributed by atoms with Crippen LogP contribution >= 0.6 is 0 Å². The van der Waals surface area contributed by atoms with Crippen LogP contribution in [-0.2, 0) is 4.74 Å². The lowest BCUT2D eigenvalue weighted by Gasteiger charge is -2.17. The van der Waals surface area contributed by atoms with Crippen LogP contribution in [0.4, 0.5) is 5.69 Å². The quantitative estimate of drug-likeness (QED) is 0.660. The number of nitro benzene ring substituents is 1. The molecule has 1 aliphatic heterocycles. The first kappa shape index (κ1) is 14.0. The van der Waals surface area contributed by atoms with E-state index in [1.165, 1.54) is 6.07 Å². The molecule has 0 saturated carbocycles. The van der Waals surface area contributed by atoms with Gasteiger partial charge in [0.25, 0.3) is 5.69 Å². The zero-order valence-corrected chi connectivity index (χ0v) is 11.5. The van der Waals surface area contributed by atoms with Crippen molar-refractivity contribution in [3.05, 3.63) is 40.1 Å². The minimum absolute atomic E-state index is 0.0478. The highest BCUT2D eigenvalue weighted by Crippen LogP contribution is 2.36. The number of nitro groups is 1. The summed E-state index contributed by atoms with van der Waals surface area (Å²) < 4.78 is 7.48.